The third-order valence-electron chi connectivity index (χ3n) is 6.01. The molecule has 0 heterocycles. The molecule has 0 bridgehead atoms. The van der Waals surface area contributed by atoms with Crippen molar-refractivity contribution in [2.24, 2.45) is 0 Å². The van der Waals surface area contributed by atoms with Gasteiger partial charge in [-0.2, -0.15) is 0 Å². The number of unbranched alkanes of at least 4 members (excludes halogenated alkanes) is 5. The van der Waals surface area contributed by atoms with Crippen LogP contribution in [-0.4, -0.2) is 79.9 Å². The Hall–Kier alpha value is 0.234. The van der Waals surface area contributed by atoms with Gasteiger partial charge >= 0.3 is 8.80 Å². The van der Waals surface area contributed by atoms with Gasteiger partial charge in [-0.15, -0.1) is 0 Å². The van der Waals surface area contributed by atoms with Crippen molar-refractivity contribution < 1.29 is 13.3 Å². The Kier molecular flexibility index (Phi) is 20.0. The summed E-state index contributed by atoms with van der Waals surface area (Å²) in [6.45, 7) is 22.1. The quantitative estimate of drug-likeness (QED) is 0.129. The predicted octanol–water partition coefficient (Wildman–Crippen LogP) is 4.93. The van der Waals surface area contributed by atoms with Crippen LogP contribution >= 0.6 is 0 Å². The summed E-state index contributed by atoms with van der Waals surface area (Å²) in [6.07, 6.45) is 7.92. The van der Waals surface area contributed by atoms with E-state index in [1.807, 2.05) is 20.8 Å². The molecule has 0 rings (SSSR count). The first-order valence-electron chi connectivity index (χ1n) is 13.0. The Balaban J connectivity index is 4.11. The van der Waals surface area contributed by atoms with Crippen LogP contribution in [0.2, 0.25) is 12.1 Å². The minimum atomic E-state index is -2.43. The maximum Gasteiger partial charge on any atom is 0.500 e. The summed E-state index contributed by atoms with van der Waals surface area (Å²) in [7, 11) is -2.52. The van der Waals surface area contributed by atoms with Crippen LogP contribution in [0.1, 0.15) is 87.0 Å². The zero-order valence-electron chi connectivity index (χ0n) is 21.5. The number of nitrogens with zero attached hydrogens (tertiary/aromatic N) is 2. The van der Waals surface area contributed by atoms with E-state index in [4.69, 9.17) is 13.3 Å². The molecule has 0 aromatic rings. The molecule has 0 saturated heterocycles. The lowest BCUT2D eigenvalue weighted by molar-refractivity contribution is 0.0706. The van der Waals surface area contributed by atoms with Gasteiger partial charge in [-0.1, -0.05) is 65.8 Å². The highest BCUT2D eigenvalue weighted by atomic mass is 28.4. The highest BCUT2D eigenvalue weighted by Gasteiger charge is 2.39. The van der Waals surface area contributed by atoms with E-state index in [1.54, 1.807) is 0 Å². The molecule has 0 atom stereocenters. The highest BCUT2D eigenvalue weighted by molar-refractivity contribution is 6.60. The van der Waals surface area contributed by atoms with E-state index in [-0.39, 0.29) is 9.52 Å². The highest BCUT2D eigenvalue weighted by Crippen LogP contribution is 2.21. The van der Waals surface area contributed by atoms with Gasteiger partial charge < -0.3 is 13.3 Å². The van der Waals surface area contributed by atoms with Gasteiger partial charge in [0.1, 0.15) is 0 Å². The largest absolute Gasteiger partial charge is 0.500 e. The van der Waals surface area contributed by atoms with Crippen molar-refractivity contribution in [1.82, 2.24) is 9.80 Å². The van der Waals surface area contributed by atoms with Crippen molar-refractivity contribution >= 4 is 18.3 Å². The lowest BCUT2D eigenvalue weighted by Crippen LogP contribution is -2.51. The molecule has 0 aliphatic carbocycles. The molecule has 0 aliphatic rings. The van der Waals surface area contributed by atoms with Crippen LogP contribution in [-0.2, 0) is 13.3 Å². The van der Waals surface area contributed by atoms with Crippen molar-refractivity contribution in [2.45, 2.75) is 105 Å². The molecule has 0 amide bonds. The fraction of sp³-hybridized carbons (Fsp3) is 1.00. The molecule has 182 valence electrons. The van der Waals surface area contributed by atoms with E-state index in [2.05, 4.69) is 37.5 Å². The summed E-state index contributed by atoms with van der Waals surface area (Å²) in [5, 5.41) is 0. The maximum atomic E-state index is 5.96. The van der Waals surface area contributed by atoms with E-state index >= 15 is 0 Å². The summed E-state index contributed by atoms with van der Waals surface area (Å²) in [5.41, 5.74) is 0. The van der Waals surface area contributed by atoms with Crippen molar-refractivity contribution in [3.8, 4) is 0 Å². The molecular weight excluding hydrogens is 408 g/mol. The van der Waals surface area contributed by atoms with Crippen LogP contribution in [0.3, 0.4) is 0 Å². The molecular formula is C23H54N2O3Si2. The Bertz CT molecular complexity index is 341. The van der Waals surface area contributed by atoms with E-state index in [9.17, 15) is 0 Å². The van der Waals surface area contributed by atoms with Gasteiger partial charge in [0, 0.05) is 31.7 Å². The first kappa shape index (κ1) is 30.2. The predicted molar refractivity (Wildman–Crippen MR) is 136 cm³/mol. The molecule has 0 unspecified atom stereocenters. The van der Waals surface area contributed by atoms with E-state index in [0.29, 0.717) is 19.8 Å². The Labute approximate surface area is 192 Å². The smallest absolute Gasteiger partial charge is 0.374 e. The van der Waals surface area contributed by atoms with Crippen molar-refractivity contribution in [2.75, 3.05) is 46.0 Å². The topological polar surface area (TPSA) is 34.2 Å². The molecule has 0 radical (unpaired) electrons. The van der Waals surface area contributed by atoms with Crippen LogP contribution < -0.4 is 0 Å². The molecule has 0 spiro atoms. The molecule has 0 aromatic heterocycles. The van der Waals surface area contributed by atoms with Gasteiger partial charge in [0.05, 0.1) is 9.52 Å². The zero-order chi connectivity index (χ0) is 22.7. The molecule has 30 heavy (non-hydrogen) atoms. The van der Waals surface area contributed by atoms with Crippen molar-refractivity contribution in [3.63, 3.8) is 0 Å². The standard InChI is InChI=1S/C23H54N2O3Si2/c1-8-24(9-2)23(25(10-3)11-4)29-21-19-17-15-16-18-20-22-30(26-12-5,27-13-6)28-14-7/h23H,8-22,29H2,1-7H3. The Morgan fingerprint density at radius 2 is 1.00 bits per heavy atom. The first-order chi connectivity index (χ1) is 14.6. The van der Waals surface area contributed by atoms with Crippen LogP contribution in [0.25, 0.3) is 0 Å². The average Bonchev–Trinajstić information content (AvgIpc) is 2.74. The second-order valence-corrected chi connectivity index (χ2v) is 12.7. The molecule has 0 fully saturated rings. The van der Waals surface area contributed by atoms with Gasteiger partial charge in [-0.05, 0) is 53.4 Å². The van der Waals surface area contributed by atoms with Crippen molar-refractivity contribution in [1.29, 1.82) is 0 Å². The molecule has 0 aromatic carbocycles. The first-order valence-corrected chi connectivity index (χ1v) is 16.7. The lowest BCUT2D eigenvalue weighted by atomic mass is 10.1. The Morgan fingerprint density at radius 3 is 1.40 bits per heavy atom. The van der Waals surface area contributed by atoms with E-state index in [1.165, 1.54) is 64.3 Å². The van der Waals surface area contributed by atoms with Crippen LogP contribution in [0.4, 0.5) is 0 Å². The summed E-state index contributed by atoms with van der Waals surface area (Å²) in [4.78, 5) is 5.37. The monoisotopic (exact) mass is 462 g/mol. The van der Waals surface area contributed by atoms with Crippen LogP contribution in [0, 0.1) is 0 Å². The van der Waals surface area contributed by atoms with Gasteiger partial charge in [0.2, 0.25) is 0 Å². The molecule has 0 N–H and O–H groups in total. The minimum absolute atomic E-state index is 0.0862. The molecule has 0 aliphatic heterocycles. The number of hydrogen-bond donors (Lipinski definition) is 0. The minimum Gasteiger partial charge on any atom is -0.374 e. The number of rotatable bonds is 22. The summed E-state index contributed by atoms with van der Waals surface area (Å²) in [6, 6.07) is 2.44. The van der Waals surface area contributed by atoms with Crippen LogP contribution in [0.15, 0.2) is 0 Å². The zero-order valence-corrected chi connectivity index (χ0v) is 23.9. The van der Waals surface area contributed by atoms with E-state index < -0.39 is 8.80 Å². The second kappa shape index (κ2) is 19.9. The van der Waals surface area contributed by atoms with Gasteiger partial charge in [0.25, 0.3) is 0 Å². The molecule has 5 nitrogen and oxygen atoms in total. The molecule has 0 saturated carbocycles. The summed E-state index contributed by atoms with van der Waals surface area (Å²) in [5.74, 6) is 0.753. The lowest BCUT2D eigenvalue weighted by Gasteiger charge is -2.38. The number of hydrogen-bond acceptors (Lipinski definition) is 5. The summed E-state index contributed by atoms with van der Waals surface area (Å²) >= 11 is 0. The SMILES string of the molecule is CCO[Si](CCCCCCCC[SiH2]C(N(CC)CC)N(CC)CC)(OCC)OCC. The third kappa shape index (κ3) is 12.3. The molecule has 7 heteroatoms. The second-order valence-electron chi connectivity index (χ2n) is 7.92. The average molecular weight is 463 g/mol. The fourth-order valence-corrected chi connectivity index (χ4v) is 9.90. The third-order valence-corrected chi connectivity index (χ3v) is 11.6. The maximum absolute atomic E-state index is 5.96. The fourth-order valence-electron chi connectivity index (χ4n) is 4.44. The van der Waals surface area contributed by atoms with Gasteiger partial charge in [0.15, 0.2) is 0 Å². The van der Waals surface area contributed by atoms with Crippen LogP contribution in [0.5, 0.6) is 0 Å². The van der Waals surface area contributed by atoms with E-state index in [0.717, 1.165) is 18.3 Å². The summed E-state index contributed by atoms with van der Waals surface area (Å²) < 4.78 is 17.9. The van der Waals surface area contributed by atoms with Gasteiger partial charge in [-0.25, -0.2) is 0 Å². The normalized spacial score (nSPS) is 13.0. The Morgan fingerprint density at radius 1 is 0.600 bits per heavy atom. The van der Waals surface area contributed by atoms with Crippen molar-refractivity contribution in [3.05, 3.63) is 0 Å². The van der Waals surface area contributed by atoms with Gasteiger partial charge in [-0.3, -0.25) is 9.80 Å².